The molecule has 31 heavy (non-hydrogen) atoms. The molecule has 6 heteroatoms. The highest BCUT2D eigenvalue weighted by Crippen LogP contribution is 2.42. The van der Waals surface area contributed by atoms with Crippen LogP contribution in [0.5, 0.6) is 0 Å². The Hall–Kier alpha value is -3.44. The summed E-state index contributed by atoms with van der Waals surface area (Å²) in [4.78, 5) is 31.7. The SMILES string of the molecule is CC(C)c1ccc(N2C(=O)C(=O)/C(=C(/O)c3ccc(Cl)cc3)C2c2cccnc2)cc1. The number of halogens is 1. The molecule has 3 aromatic rings. The van der Waals surface area contributed by atoms with Crippen molar-refractivity contribution in [2.75, 3.05) is 4.90 Å². The van der Waals surface area contributed by atoms with Crippen LogP contribution in [0, 0.1) is 0 Å². The van der Waals surface area contributed by atoms with E-state index in [4.69, 9.17) is 11.6 Å². The number of amides is 1. The fourth-order valence-electron chi connectivity index (χ4n) is 3.74. The van der Waals surface area contributed by atoms with Gasteiger partial charge in [-0.15, -0.1) is 0 Å². The number of hydrogen-bond acceptors (Lipinski definition) is 4. The lowest BCUT2D eigenvalue weighted by Crippen LogP contribution is -2.29. The van der Waals surface area contributed by atoms with Crippen molar-refractivity contribution in [3.05, 3.63) is 100 Å². The van der Waals surface area contributed by atoms with Crippen molar-refractivity contribution in [2.24, 2.45) is 0 Å². The van der Waals surface area contributed by atoms with Gasteiger partial charge in [-0.3, -0.25) is 19.5 Å². The van der Waals surface area contributed by atoms with Gasteiger partial charge in [-0.2, -0.15) is 0 Å². The number of anilines is 1. The summed E-state index contributed by atoms with van der Waals surface area (Å²) < 4.78 is 0. The number of nitrogens with zero attached hydrogens (tertiary/aromatic N) is 2. The second-order valence-corrected chi connectivity index (χ2v) is 8.15. The highest BCUT2D eigenvalue weighted by Gasteiger charge is 2.47. The predicted molar refractivity (Wildman–Crippen MR) is 121 cm³/mol. The van der Waals surface area contributed by atoms with Gasteiger partial charge in [0, 0.05) is 28.7 Å². The van der Waals surface area contributed by atoms with E-state index in [2.05, 4.69) is 18.8 Å². The van der Waals surface area contributed by atoms with Gasteiger partial charge in [-0.1, -0.05) is 43.6 Å². The number of aromatic nitrogens is 1. The zero-order chi connectivity index (χ0) is 22.1. The first-order valence-corrected chi connectivity index (χ1v) is 10.3. The summed E-state index contributed by atoms with van der Waals surface area (Å²) in [7, 11) is 0. The van der Waals surface area contributed by atoms with Crippen molar-refractivity contribution < 1.29 is 14.7 Å². The average molecular weight is 433 g/mol. The van der Waals surface area contributed by atoms with Crippen molar-refractivity contribution in [1.82, 2.24) is 4.98 Å². The minimum absolute atomic E-state index is 0.0215. The van der Waals surface area contributed by atoms with Crippen LogP contribution in [0.25, 0.3) is 5.76 Å². The van der Waals surface area contributed by atoms with Gasteiger partial charge >= 0.3 is 0 Å². The summed E-state index contributed by atoms with van der Waals surface area (Å²) in [5.74, 6) is -1.34. The molecule has 0 bridgehead atoms. The van der Waals surface area contributed by atoms with E-state index in [9.17, 15) is 14.7 Å². The van der Waals surface area contributed by atoms with Crippen LogP contribution in [-0.4, -0.2) is 21.8 Å². The van der Waals surface area contributed by atoms with Crippen LogP contribution >= 0.6 is 11.6 Å². The van der Waals surface area contributed by atoms with Crippen molar-refractivity contribution in [3.8, 4) is 0 Å². The molecule has 1 aliphatic heterocycles. The van der Waals surface area contributed by atoms with Crippen LogP contribution in [0.4, 0.5) is 5.69 Å². The van der Waals surface area contributed by atoms with Crippen LogP contribution in [-0.2, 0) is 9.59 Å². The molecule has 1 saturated heterocycles. The highest BCUT2D eigenvalue weighted by molar-refractivity contribution is 6.51. The maximum Gasteiger partial charge on any atom is 0.300 e. The molecular weight excluding hydrogens is 412 g/mol. The van der Waals surface area contributed by atoms with Crippen molar-refractivity contribution >= 4 is 34.7 Å². The predicted octanol–water partition coefficient (Wildman–Crippen LogP) is 5.48. The average Bonchev–Trinajstić information content (AvgIpc) is 3.05. The lowest BCUT2D eigenvalue weighted by Gasteiger charge is -2.25. The summed E-state index contributed by atoms with van der Waals surface area (Å²) in [6.07, 6.45) is 3.22. The van der Waals surface area contributed by atoms with Crippen LogP contribution in [0.3, 0.4) is 0 Å². The molecule has 1 amide bonds. The number of aliphatic hydroxyl groups excluding tert-OH is 1. The van der Waals surface area contributed by atoms with Crippen LogP contribution in [0.2, 0.25) is 5.02 Å². The molecule has 0 aliphatic carbocycles. The van der Waals surface area contributed by atoms with Gasteiger partial charge in [-0.25, -0.2) is 0 Å². The zero-order valence-corrected chi connectivity index (χ0v) is 17.9. The Bertz CT molecular complexity index is 1150. The summed E-state index contributed by atoms with van der Waals surface area (Å²) in [5, 5.41) is 11.5. The highest BCUT2D eigenvalue weighted by atomic mass is 35.5. The third kappa shape index (κ3) is 3.84. The topological polar surface area (TPSA) is 70.5 Å². The van der Waals surface area contributed by atoms with Crippen LogP contribution < -0.4 is 4.90 Å². The number of pyridine rings is 1. The molecule has 1 atom stereocenters. The fraction of sp³-hybridized carbons (Fsp3) is 0.160. The molecule has 156 valence electrons. The largest absolute Gasteiger partial charge is 0.507 e. The smallest absolute Gasteiger partial charge is 0.300 e. The van der Waals surface area contributed by atoms with Crippen LogP contribution in [0.1, 0.15) is 42.5 Å². The minimum atomic E-state index is -0.797. The minimum Gasteiger partial charge on any atom is -0.507 e. The van der Waals surface area contributed by atoms with Gasteiger partial charge in [0.15, 0.2) is 0 Å². The van der Waals surface area contributed by atoms with Gasteiger partial charge in [0.25, 0.3) is 11.7 Å². The van der Waals surface area contributed by atoms with E-state index in [1.165, 1.54) is 4.90 Å². The van der Waals surface area contributed by atoms with Gasteiger partial charge < -0.3 is 5.11 Å². The standard InChI is InChI=1S/C25H21ClN2O3/c1-15(2)16-7-11-20(12-8-16)28-22(18-4-3-13-27-14-18)21(24(30)25(28)31)23(29)17-5-9-19(26)10-6-17/h3-15,22,29H,1-2H3/b23-21+. The first-order valence-electron chi connectivity index (χ1n) is 9.95. The quantitative estimate of drug-likeness (QED) is 0.336. The number of hydrogen-bond donors (Lipinski definition) is 1. The van der Waals surface area contributed by atoms with E-state index in [1.807, 2.05) is 24.3 Å². The van der Waals surface area contributed by atoms with E-state index < -0.39 is 17.7 Å². The van der Waals surface area contributed by atoms with Crippen LogP contribution in [0.15, 0.2) is 78.6 Å². The second kappa shape index (κ2) is 8.36. The lowest BCUT2D eigenvalue weighted by molar-refractivity contribution is -0.132. The number of carbonyl (C=O) groups is 2. The number of ketones is 1. The molecule has 2 heterocycles. The third-order valence-corrected chi connectivity index (χ3v) is 5.65. The molecule has 0 radical (unpaired) electrons. The molecular formula is C25H21ClN2O3. The molecule has 5 nitrogen and oxygen atoms in total. The van der Waals surface area contributed by atoms with Crippen molar-refractivity contribution in [3.63, 3.8) is 0 Å². The van der Waals surface area contributed by atoms with Crippen molar-refractivity contribution in [2.45, 2.75) is 25.8 Å². The molecule has 1 N–H and O–H groups in total. The fourth-order valence-corrected chi connectivity index (χ4v) is 3.86. The van der Waals surface area contributed by atoms with Gasteiger partial charge in [-0.05, 0) is 59.5 Å². The number of aliphatic hydroxyl groups is 1. The number of carbonyl (C=O) groups excluding carboxylic acids is 2. The molecule has 1 fully saturated rings. The Balaban J connectivity index is 1.89. The van der Waals surface area contributed by atoms with Gasteiger partial charge in [0.1, 0.15) is 5.76 Å². The Kier molecular flexibility index (Phi) is 5.61. The Morgan fingerprint density at radius 2 is 1.71 bits per heavy atom. The summed E-state index contributed by atoms with van der Waals surface area (Å²) in [6, 6.07) is 16.7. The first kappa shape index (κ1) is 20.8. The van der Waals surface area contributed by atoms with E-state index in [-0.39, 0.29) is 11.3 Å². The lowest BCUT2D eigenvalue weighted by atomic mass is 9.96. The second-order valence-electron chi connectivity index (χ2n) is 7.71. The van der Waals surface area contributed by atoms with E-state index in [1.54, 1.807) is 48.8 Å². The van der Waals surface area contributed by atoms with E-state index >= 15 is 0 Å². The summed E-state index contributed by atoms with van der Waals surface area (Å²) in [6.45, 7) is 4.17. The third-order valence-electron chi connectivity index (χ3n) is 5.40. The van der Waals surface area contributed by atoms with E-state index in [0.717, 1.165) is 5.56 Å². The van der Waals surface area contributed by atoms with E-state index in [0.29, 0.717) is 27.8 Å². The maximum atomic E-state index is 13.1. The number of Topliss-reactive ketones (excluding diaryl/α,β-unsaturated/α-hetero) is 1. The number of benzene rings is 2. The Morgan fingerprint density at radius 1 is 1.03 bits per heavy atom. The zero-order valence-electron chi connectivity index (χ0n) is 17.1. The summed E-state index contributed by atoms with van der Waals surface area (Å²) >= 11 is 5.96. The Morgan fingerprint density at radius 3 is 2.29 bits per heavy atom. The molecule has 1 unspecified atom stereocenters. The molecule has 0 spiro atoms. The molecule has 1 aliphatic rings. The monoisotopic (exact) mass is 432 g/mol. The summed E-state index contributed by atoms with van der Waals surface area (Å²) in [5.41, 5.74) is 2.76. The number of rotatable bonds is 4. The van der Waals surface area contributed by atoms with Crippen molar-refractivity contribution in [1.29, 1.82) is 0 Å². The molecule has 0 saturated carbocycles. The normalized spacial score (nSPS) is 18.1. The van der Waals surface area contributed by atoms with Gasteiger partial charge in [0.05, 0.1) is 11.6 Å². The molecule has 4 rings (SSSR count). The first-order chi connectivity index (χ1) is 14.9. The molecule has 2 aromatic carbocycles. The molecule has 1 aromatic heterocycles. The maximum absolute atomic E-state index is 13.1. The Labute approximate surface area is 185 Å². The van der Waals surface area contributed by atoms with Gasteiger partial charge in [0.2, 0.25) is 0 Å².